The Hall–Kier alpha value is -0.630. The molecule has 1 aliphatic rings. The fourth-order valence-electron chi connectivity index (χ4n) is 0.722. The Morgan fingerprint density at radius 1 is 1.50 bits per heavy atom. The summed E-state index contributed by atoms with van der Waals surface area (Å²) in [6.45, 7) is 4.84. The molecule has 44 valence electrons. The monoisotopic (exact) mass is 111 g/mol. The molecule has 0 aromatic heterocycles. The van der Waals surface area contributed by atoms with Gasteiger partial charge in [-0.05, 0) is 5.57 Å². The first kappa shape index (κ1) is 5.51. The predicted molar refractivity (Wildman–Crippen MR) is 32.3 cm³/mol. The smallest absolute Gasteiger partial charge is 0.0849 e. The van der Waals surface area contributed by atoms with Gasteiger partial charge in [0.05, 0.1) is 13.2 Å². The van der Waals surface area contributed by atoms with Crippen molar-refractivity contribution in [3.63, 3.8) is 0 Å². The SMILES string of the molecule is C=C1COCC(=N)C1. The lowest BCUT2D eigenvalue weighted by Crippen LogP contribution is -2.17. The standard InChI is InChI=1S/C6H9NO/c1-5-2-6(7)4-8-3-5/h7H,1-4H2. The molecule has 1 fully saturated rings. The van der Waals surface area contributed by atoms with E-state index >= 15 is 0 Å². The molecule has 2 nitrogen and oxygen atoms in total. The molecule has 0 aromatic rings. The summed E-state index contributed by atoms with van der Waals surface area (Å²) in [4.78, 5) is 0. The van der Waals surface area contributed by atoms with Crippen LogP contribution in [0.4, 0.5) is 0 Å². The van der Waals surface area contributed by atoms with Crippen LogP contribution in [-0.2, 0) is 4.74 Å². The van der Waals surface area contributed by atoms with Gasteiger partial charge >= 0.3 is 0 Å². The highest BCUT2D eigenvalue weighted by Gasteiger charge is 2.06. The maximum atomic E-state index is 7.13. The van der Waals surface area contributed by atoms with Crippen molar-refractivity contribution in [3.8, 4) is 0 Å². The van der Waals surface area contributed by atoms with Crippen molar-refractivity contribution < 1.29 is 4.74 Å². The van der Waals surface area contributed by atoms with E-state index in [9.17, 15) is 0 Å². The molecule has 0 unspecified atom stereocenters. The average molecular weight is 111 g/mol. The number of nitrogens with one attached hydrogen (secondary N) is 1. The van der Waals surface area contributed by atoms with Gasteiger partial charge in [-0.3, -0.25) is 0 Å². The van der Waals surface area contributed by atoms with E-state index in [-0.39, 0.29) is 0 Å². The largest absolute Gasteiger partial charge is 0.371 e. The Balaban J connectivity index is 2.45. The van der Waals surface area contributed by atoms with Gasteiger partial charge in [0, 0.05) is 12.1 Å². The first-order chi connectivity index (χ1) is 3.79. The number of rotatable bonds is 0. The Kier molecular flexibility index (Phi) is 1.44. The second-order valence-corrected chi connectivity index (χ2v) is 2.02. The summed E-state index contributed by atoms with van der Waals surface area (Å²) < 4.78 is 4.97. The third-order valence-electron chi connectivity index (χ3n) is 1.05. The van der Waals surface area contributed by atoms with Crippen molar-refractivity contribution in [2.24, 2.45) is 0 Å². The molecule has 1 rings (SSSR count). The maximum absolute atomic E-state index is 7.13. The Morgan fingerprint density at radius 2 is 2.25 bits per heavy atom. The van der Waals surface area contributed by atoms with Crippen LogP contribution in [0.2, 0.25) is 0 Å². The van der Waals surface area contributed by atoms with Crippen LogP contribution < -0.4 is 0 Å². The Labute approximate surface area is 48.7 Å². The topological polar surface area (TPSA) is 33.1 Å². The van der Waals surface area contributed by atoms with E-state index < -0.39 is 0 Å². The molecule has 0 amide bonds. The van der Waals surface area contributed by atoms with Gasteiger partial charge < -0.3 is 10.1 Å². The lowest BCUT2D eigenvalue weighted by molar-refractivity contribution is 0.184. The summed E-state index contributed by atoms with van der Waals surface area (Å²) in [7, 11) is 0. The molecule has 8 heavy (non-hydrogen) atoms. The second-order valence-electron chi connectivity index (χ2n) is 2.02. The van der Waals surface area contributed by atoms with E-state index in [4.69, 9.17) is 10.1 Å². The molecule has 1 aliphatic heterocycles. The normalized spacial score (nSPS) is 21.5. The van der Waals surface area contributed by atoms with Crippen molar-refractivity contribution in [1.29, 1.82) is 5.41 Å². The average Bonchev–Trinajstić information content (AvgIpc) is 1.64. The summed E-state index contributed by atoms with van der Waals surface area (Å²) in [5.74, 6) is 0. The summed E-state index contributed by atoms with van der Waals surface area (Å²) in [5, 5.41) is 7.13. The lowest BCUT2D eigenvalue weighted by Gasteiger charge is -2.13. The Morgan fingerprint density at radius 3 is 2.62 bits per heavy atom. The number of hydrogen-bond donors (Lipinski definition) is 1. The highest BCUT2D eigenvalue weighted by Crippen LogP contribution is 2.05. The molecule has 0 atom stereocenters. The third kappa shape index (κ3) is 1.17. The highest BCUT2D eigenvalue weighted by molar-refractivity contribution is 5.85. The zero-order valence-corrected chi connectivity index (χ0v) is 4.74. The van der Waals surface area contributed by atoms with Gasteiger partial charge in [-0.25, -0.2) is 0 Å². The second kappa shape index (κ2) is 2.09. The van der Waals surface area contributed by atoms with Crippen LogP contribution in [0, 0.1) is 5.41 Å². The predicted octanol–water partition coefficient (Wildman–Crippen LogP) is 0.983. The van der Waals surface area contributed by atoms with Gasteiger partial charge in [0.15, 0.2) is 0 Å². The molecule has 0 aromatic carbocycles. The van der Waals surface area contributed by atoms with Gasteiger partial charge in [-0.1, -0.05) is 6.58 Å². The number of ether oxygens (including phenoxy) is 1. The molecule has 0 aliphatic carbocycles. The van der Waals surface area contributed by atoms with Crippen molar-refractivity contribution in [3.05, 3.63) is 12.2 Å². The van der Waals surface area contributed by atoms with Crippen molar-refractivity contribution >= 4 is 5.71 Å². The molecule has 0 radical (unpaired) electrons. The summed E-state index contributed by atoms with van der Waals surface area (Å²) in [6.07, 6.45) is 0.736. The lowest BCUT2D eigenvalue weighted by atomic mass is 10.1. The van der Waals surface area contributed by atoms with E-state index in [1.165, 1.54) is 0 Å². The third-order valence-corrected chi connectivity index (χ3v) is 1.05. The van der Waals surface area contributed by atoms with Crippen LogP contribution in [0.1, 0.15) is 6.42 Å². The maximum Gasteiger partial charge on any atom is 0.0849 e. The first-order valence-corrected chi connectivity index (χ1v) is 2.60. The van der Waals surface area contributed by atoms with E-state index in [2.05, 4.69) is 6.58 Å². The molecule has 1 heterocycles. The van der Waals surface area contributed by atoms with Crippen LogP contribution in [0.15, 0.2) is 12.2 Å². The van der Waals surface area contributed by atoms with E-state index in [1.807, 2.05) is 0 Å². The molecule has 2 heteroatoms. The summed E-state index contributed by atoms with van der Waals surface area (Å²) in [6, 6.07) is 0. The van der Waals surface area contributed by atoms with Crippen LogP contribution in [-0.4, -0.2) is 18.9 Å². The zero-order valence-electron chi connectivity index (χ0n) is 4.74. The molecular formula is C6H9NO. The van der Waals surface area contributed by atoms with Gasteiger partial charge in [0.1, 0.15) is 0 Å². The van der Waals surface area contributed by atoms with Crippen LogP contribution in [0.5, 0.6) is 0 Å². The van der Waals surface area contributed by atoms with Crippen molar-refractivity contribution in [2.45, 2.75) is 6.42 Å². The molecule has 0 bridgehead atoms. The van der Waals surface area contributed by atoms with Crippen LogP contribution in [0.3, 0.4) is 0 Å². The quantitative estimate of drug-likeness (QED) is 0.464. The van der Waals surface area contributed by atoms with Gasteiger partial charge in [-0.2, -0.15) is 0 Å². The van der Waals surface area contributed by atoms with Crippen LogP contribution >= 0.6 is 0 Å². The minimum atomic E-state index is 0.499. The summed E-state index contributed by atoms with van der Waals surface area (Å²) >= 11 is 0. The van der Waals surface area contributed by atoms with Crippen molar-refractivity contribution in [2.75, 3.05) is 13.2 Å². The molecule has 1 N–H and O–H groups in total. The highest BCUT2D eigenvalue weighted by atomic mass is 16.5. The fraction of sp³-hybridized carbons (Fsp3) is 0.500. The van der Waals surface area contributed by atoms with E-state index in [0.717, 1.165) is 12.0 Å². The zero-order chi connectivity index (χ0) is 5.98. The Bertz CT molecular complexity index is 114. The fourth-order valence-corrected chi connectivity index (χ4v) is 0.722. The van der Waals surface area contributed by atoms with E-state index in [1.54, 1.807) is 0 Å². The minimum absolute atomic E-state index is 0.499. The molecule has 1 saturated heterocycles. The van der Waals surface area contributed by atoms with Gasteiger partial charge in [0.2, 0.25) is 0 Å². The molecular weight excluding hydrogens is 102 g/mol. The van der Waals surface area contributed by atoms with Crippen LogP contribution in [0.25, 0.3) is 0 Å². The molecule has 0 saturated carbocycles. The number of hydrogen-bond acceptors (Lipinski definition) is 2. The summed E-state index contributed by atoms with van der Waals surface area (Å²) in [5.41, 5.74) is 1.66. The minimum Gasteiger partial charge on any atom is -0.371 e. The molecule has 0 spiro atoms. The van der Waals surface area contributed by atoms with Gasteiger partial charge in [-0.15, -0.1) is 0 Å². The van der Waals surface area contributed by atoms with Gasteiger partial charge in [0.25, 0.3) is 0 Å². The van der Waals surface area contributed by atoms with E-state index in [0.29, 0.717) is 18.9 Å². The first-order valence-electron chi connectivity index (χ1n) is 2.60. The van der Waals surface area contributed by atoms with Crippen molar-refractivity contribution in [1.82, 2.24) is 0 Å².